The average Bonchev–Trinajstić information content (AvgIpc) is 2.81. The lowest BCUT2D eigenvalue weighted by molar-refractivity contribution is 0.0891. The Morgan fingerprint density at radius 3 is 2.59 bits per heavy atom. The molecule has 0 aliphatic heterocycles. The van der Waals surface area contributed by atoms with Gasteiger partial charge in [0.25, 0.3) is 12.3 Å². The number of carbonyl (C=O) groups excluding carboxylic acids is 1. The van der Waals surface area contributed by atoms with Gasteiger partial charge in [-0.3, -0.25) is 9.78 Å². The van der Waals surface area contributed by atoms with Gasteiger partial charge in [0.15, 0.2) is 0 Å². The zero-order chi connectivity index (χ0) is 23.1. The number of aryl methyl sites for hydroxylation is 1. The highest BCUT2D eigenvalue weighted by atomic mass is 19.3. The molecule has 32 heavy (non-hydrogen) atoms. The summed E-state index contributed by atoms with van der Waals surface area (Å²) in [6.07, 6.45) is 0.666. The van der Waals surface area contributed by atoms with Crippen molar-refractivity contribution >= 4 is 11.7 Å². The number of hydrogen-bond acceptors (Lipinski definition) is 6. The van der Waals surface area contributed by atoms with Crippen LogP contribution in [0.3, 0.4) is 0 Å². The van der Waals surface area contributed by atoms with Crippen LogP contribution in [0.1, 0.15) is 34.5 Å². The van der Waals surface area contributed by atoms with Crippen molar-refractivity contribution in [3.8, 4) is 17.0 Å². The monoisotopic (exact) mass is 441 g/mol. The Kier molecular flexibility index (Phi) is 7.64. The molecule has 9 heteroatoms. The summed E-state index contributed by atoms with van der Waals surface area (Å²) in [5.74, 6) is 0.630. The molecule has 0 spiro atoms. The molecule has 0 saturated carbocycles. The van der Waals surface area contributed by atoms with Gasteiger partial charge in [-0.1, -0.05) is 13.0 Å². The molecular formula is C23H25F2N5O2. The summed E-state index contributed by atoms with van der Waals surface area (Å²) < 4.78 is 30.1. The summed E-state index contributed by atoms with van der Waals surface area (Å²) in [6.45, 7) is 3.79. The van der Waals surface area contributed by atoms with Crippen molar-refractivity contribution in [3.63, 3.8) is 0 Å². The lowest BCUT2D eigenvalue weighted by Crippen LogP contribution is -2.28. The molecule has 0 radical (unpaired) electrons. The van der Waals surface area contributed by atoms with E-state index in [1.54, 1.807) is 24.4 Å². The Labute approximate surface area is 185 Å². The Morgan fingerprint density at radius 1 is 1.09 bits per heavy atom. The number of hydrogen-bond donors (Lipinski definition) is 2. The van der Waals surface area contributed by atoms with Gasteiger partial charge in [0, 0.05) is 41.5 Å². The molecule has 3 rings (SSSR count). The molecule has 2 heterocycles. The van der Waals surface area contributed by atoms with E-state index < -0.39 is 18.9 Å². The zero-order valence-electron chi connectivity index (χ0n) is 18.1. The number of carbonyl (C=O) groups is 1. The van der Waals surface area contributed by atoms with E-state index in [2.05, 4.69) is 25.6 Å². The van der Waals surface area contributed by atoms with Crippen LogP contribution in [0.4, 0.5) is 14.6 Å². The summed E-state index contributed by atoms with van der Waals surface area (Å²) in [7, 11) is 1.51. The quantitative estimate of drug-likeness (QED) is 0.521. The number of rotatable bonds is 9. The Balaban J connectivity index is 1.68. The number of alkyl halides is 2. The fourth-order valence-corrected chi connectivity index (χ4v) is 3.13. The Bertz CT molecular complexity index is 1060. The van der Waals surface area contributed by atoms with Gasteiger partial charge in [-0.2, -0.15) is 0 Å². The van der Waals surface area contributed by atoms with Crippen molar-refractivity contribution in [3.05, 3.63) is 65.7 Å². The zero-order valence-corrected chi connectivity index (χ0v) is 18.1. The molecule has 0 unspecified atom stereocenters. The van der Waals surface area contributed by atoms with Crippen LogP contribution >= 0.6 is 0 Å². The third kappa shape index (κ3) is 5.96. The van der Waals surface area contributed by atoms with Gasteiger partial charge in [0.05, 0.1) is 19.3 Å². The first-order valence-corrected chi connectivity index (χ1v) is 10.1. The molecule has 0 saturated heterocycles. The van der Waals surface area contributed by atoms with Crippen molar-refractivity contribution in [2.45, 2.75) is 26.2 Å². The van der Waals surface area contributed by atoms with Gasteiger partial charge < -0.3 is 15.4 Å². The van der Waals surface area contributed by atoms with Crippen LogP contribution in [0.15, 0.2) is 48.9 Å². The SMILES string of the molecule is COc1cc(C(=O)NCC(F)F)ccc1[C@H](C)CNc1cc(-c2ccc(C)nc2)ncn1. The topological polar surface area (TPSA) is 89.0 Å². The molecule has 1 aromatic carbocycles. The van der Waals surface area contributed by atoms with Crippen molar-refractivity contribution < 1.29 is 18.3 Å². The molecule has 0 aliphatic carbocycles. The molecule has 3 aromatic rings. The number of anilines is 1. The predicted molar refractivity (Wildman–Crippen MR) is 118 cm³/mol. The maximum Gasteiger partial charge on any atom is 0.255 e. The van der Waals surface area contributed by atoms with Crippen molar-refractivity contribution in [1.29, 1.82) is 0 Å². The number of halogens is 2. The fourth-order valence-electron chi connectivity index (χ4n) is 3.13. The van der Waals surface area contributed by atoms with Crippen LogP contribution in [0, 0.1) is 6.92 Å². The van der Waals surface area contributed by atoms with Crippen LogP contribution in [-0.4, -0.2) is 47.5 Å². The molecule has 0 bridgehead atoms. The second-order valence-corrected chi connectivity index (χ2v) is 7.32. The van der Waals surface area contributed by atoms with E-state index in [0.717, 1.165) is 22.5 Å². The highest BCUT2D eigenvalue weighted by Gasteiger charge is 2.16. The normalized spacial score (nSPS) is 11.8. The summed E-state index contributed by atoms with van der Waals surface area (Å²) >= 11 is 0. The van der Waals surface area contributed by atoms with Gasteiger partial charge in [0.2, 0.25) is 0 Å². The second kappa shape index (κ2) is 10.6. The number of pyridine rings is 1. The minimum atomic E-state index is -2.60. The average molecular weight is 441 g/mol. The maximum absolute atomic E-state index is 12.3. The molecule has 7 nitrogen and oxygen atoms in total. The lowest BCUT2D eigenvalue weighted by atomic mass is 9.98. The number of methoxy groups -OCH3 is 1. The molecule has 0 aliphatic rings. The van der Waals surface area contributed by atoms with Crippen molar-refractivity contribution in [1.82, 2.24) is 20.3 Å². The van der Waals surface area contributed by atoms with Gasteiger partial charge in [-0.05, 0) is 36.8 Å². The number of nitrogens with zero attached hydrogens (tertiary/aromatic N) is 3. The van der Waals surface area contributed by atoms with E-state index in [1.165, 1.54) is 13.4 Å². The van der Waals surface area contributed by atoms with E-state index in [-0.39, 0.29) is 11.5 Å². The number of nitrogens with one attached hydrogen (secondary N) is 2. The smallest absolute Gasteiger partial charge is 0.255 e. The minimum absolute atomic E-state index is 0.0163. The van der Waals surface area contributed by atoms with Crippen molar-refractivity contribution in [2.24, 2.45) is 0 Å². The number of aromatic nitrogens is 3. The molecule has 168 valence electrons. The third-order valence-electron chi connectivity index (χ3n) is 4.91. The van der Waals surface area contributed by atoms with Gasteiger partial charge in [0.1, 0.15) is 17.9 Å². The Morgan fingerprint density at radius 2 is 1.91 bits per heavy atom. The molecular weight excluding hydrogens is 416 g/mol. The van der Waals surface area contributed by atoms with E-state index in [1.807, 2.05) is 32.0 Å². The minimum Gasteiger partial charge on any atom is -0.496 e. The summed E-state index contributed by atoms with van der Waals surface area (Å²) in [5.41, 5.74) is 3.73. The lowest BCUT2D eigenvalue weighted by Gasteiger charge is -2.18. The van der Waals surface area contributed by atoms with Crippen LogP contribution in [0.5, 0.6) is 5.75 Å². The Hall–Kier alpha value is -3.62. The van der Waals surface area contributed by atoms with Crippen LogP contribution in [0.25, 0.3) is 11.3 Å². The summed E-state index contributed by atoms with van der Waals surface area (Å²) in [5, 5.41) is 5.49. The van der Waals surface area contributed by atoms with Crippen LogP contribution in [-0.2, 0) is 0 Å². The van der Waals surface area contributed by atoms with E-state index in [4.69, 9.17) is 4.74 Å². The number of benzene rings is 1. The predicted octanol–water partition coefficient (Wildman–Crippen LogP) is 4.07. The molecule has 2 aromatic heterocycles. The molecule has 1 atom stereocenters. The number of amides is 1. The third-order valence-corrected chi connectivity index (χ3v) is 4.91. The standard InChI is InChI=1S/C23H25F2N5O2/c1-14(18-7-6-16(8-20(18)32-3)23(31)28-12-21(24)25)10-27-22-9-19(29-13-30-22)17-5-4-15(2)26-11-17/h4-9,11,13-14,21H,10,12H2,1-3H3,(H,28,31)(H,27,29,30)/t14-/m1/s1. The first kappa shape index (κ1) is 23.1. The first-order valence-electron chi connectivity index (χ1n) is 10.1. The fraction of sp³-hybridized carbons (Fsp3) is 0.304. The van der Waals surface area contributed by atoms with E-state index in [0.29, 0.717) is 18.1 Å². The molecule has 1 amide bonds. The largest absolute Gasteiger partial charge is 0.496 e. The van der Waals surface area contributed by atoms with Gasteiger partial charge in [-0.15, -0.1) is 0 Å². The van der Waals surface area contributed by atoms with Gasteiger partial charge in [-0.25, -0.2) is 18.7 Å². The van der Waals surface area contributed by atoms with E-state index >= 15 is 0 Å². The van der Waals surface area contributed by atoms with Crippen LogP contribution < -0.4 is 15.4 Å². The maximum atomic E-state index is 12.3. The molecule has 0 fully saturated rings. The van der Waals surface area contributed by atoms with Crippen molar-refractivity contribution in [2.75, 3.05) is 25.5 Å². The number of ether oxygens (including phenoxy) is 1. The molecule has 2 N–H and O–H groups in total. The first-order chi connectivity index (χ1) is 15.4. The highest BCUT2D eigenvalue weighted by molar-refractivity contribution is 5.94. The van der Waals surface area contributed by atoms with Crippen LogP contribution in [0.2, 0.25) is 0 Å². The summed E-state index contributed by atoms with van der Waals surface area (Å²) in [6, 6.07) is 10.7. The summed E-state index contributed by atoms with van der Waals surface area (Å²) in [4.78, 5) is 24.9. The highest BCUT2D eigenvalue weighted by Crippen LogP contribution is 2.28. The second-order valence-electron chi connectivity index (χ2n) is 7.32. The van der Waals surface area contributed by atoms with E-state index in [9.17, 15) is 13.6 Å². The van der Waals surface area contributed by atoms with Gasteiger partial charge >= 0.3 is 0 Å².